The standard InChI is InChI=1S/C15H18N2O5S/c1-20-12-6-4-11(5-7-12)15-16-14(22-17-15)10-23(18,19)9-13-3-2-8-21-13/h4-7,13H,2-3,8-10H2,1H3/t13-/m0/s1. The number of hydrogen-bond acceptors (Lipinski definition) is 7. The van der Waals surface area contributed by atoms with Gasteiger partial charge in [0, 0.05) is 12.2 Å². The van der Waals surface area contributed by atoms with Crippen LogP contribution in [0.4, 0.5) is 0 Å². The van der Waals surface area contributed by atoms with Crippen LogP contribution >= 0.6 is 0 Å². The SMILES string of the molecule is COc1ccc(-c2noc(CS(=O)(=O)C[C@@H]3CCCO3)n2)cc1. The molecule has 2 aromatic rings. The van der Waals surface area contributed by atoms with Gasteiger partial charge in [-0.2, -0.15) is 4.98 Å². The van der Waals surface area contributed by atoms with Crippen LogP contribution in [0.1, 0.15) is 18.7 Å². The van der Waals surface area contributed by atoms with Crippen LogP contribution in [-0.4, -0.2) is 44.1 Å². The molecule has 1 aromatic carbocycles. The first-order valence-corrected chi connectivity index (χ1v) is 9.17. The third-order valence-electron chi connectivity index (χ3n) is 3.62. The number of benzene rings is 1. The Labute approximate surface area is 134 Å². The van der Waals surface area contributed by atoms with Crippen molar-refractivity contribution in [1.82, 2.24) is 10.1 Å². The molecule has 1 aliphatic rings. The van der Waals surface area contributed by atoms with Crippen LogP contribution in [0.15, 0.2) is 28.8 Å². The Balaban J connectivity index is 1.68. The highest BCUT2D eigenvalue weighted by molar-refractivity contribution is 7.90. The fourth-order valence-electron chi connectivity index (χ4n) is 2.48. The first-order chi connectivity index (χ1) is 11.1. The summed E-state index contributed by atoms with van der Waals surface area (Å²) in [4.78, 5) is 4.16. The van der Waals surface area contributed by atoms with Gasteiger partial charge in [0.2, 0.25) is 11.7 Å². The Morgan fingerprint density at radius 3 is 2.74 bits per heavy atom. The van der Waals surface area contributed by atoms with Crippen molar-refractivity contribution in [3.63, 3.8) is 0 Å². The van der Waals surface area contributed by atoms with Crippen molar-refractivity contribution in [2.24, 2.45) is 0 Å². The van der Waals surface area contributed by atoms with Crippen LogP contribution < -0.4 is 4.74 Å². The Morgan fingerprint density at radius 1 is 1.30 bits per heavy atom. The molecule has 0 unspecified atom stereocenters. The van der Waals surface area contributed by atoms with E-state index in [0.29, 0.717) is 12.4 Å². The molecule has 0 bridgehead atoms. The third kappa shape index (κ3) is 4.08. The van der Waals surface area contributed by atoms with Gasteiger partial charge in [0.15, 0.2) is 9.84 Å². The number of nitrogens with zero attached hydrogens (tertiary/aromatic N) is 2. The minimum absolute atomic E-state index is 0.00670. The molecule has 124 valence electrons. The van der Waals surface area contributed by atoms with Gasteiger partial charge >= 0.3 is 0 Å². The molecule has 7 nitrogen and oxygen atoms in total. The Bertz CT molecular complexity index is 748. The molecular formula is C15H18N2O5S. The van der Waals surface area contributed by atoms with Crippen LogP contribution in [0.5, 0.6) is 5.75 Å². The van der Waals surface area contributed by atoms with Crippen LogP contribution in [0.2, 0.25) is 0 Å². The molecule has 8 heteroatoms. The van der Waals surface area contributed by atoms with Crippen molar-refractivity contribution in [2.45, 2.75) is 24.7 Å². The molecule has 1 aliphatic heterocycles. The zero-order valence-electron chi connectivity index (χ0n) is 12.8. The number of sulfone groups is 1. The summed E-state index contributed by atoms with van der Waals surface area (Å²) in [5.41, 5.74) is 0.734. The summed E-state index contributed by atoms with van der Waals surface area (Å²) in [6.07, 6.45) is 1.46. The van der Waals surface area contributed by atoms with Crippen LogP contribution in [0.3, 0.4) is 0 Å². The van der Waals surface area contributed by atoms with Crippen LogP contribution in [-0.2, 0) is 20.3 Å². The minimum Gasteiger partial charge on any atom is -0.497 e. The molecule has 3 rings (SSSR count). The lowest BCUT2D eigenvalue weighted by molar-refractivity contribution is 0.127. The largest absolute Gasteiger partial charge is 0.497 e. The van der Waals surface area contributed by atoms with E-state index in [0.717, 1.165) is 24.2 Å². The van der Waals surface area contributed by atoms with Crippen molar-refractivity contribution in [3.05, 3.63) is 30.2 Å². The molecule has 2 heterocycles. The summed E-state index contributed by atoms with van der Waals surface area (Å²) < 4.78 is 39.8. The van der Waals surface area contributed by atoms with E-state index in [1.165, 1.54) is 0 Å². The van der Waals surface area contributed by atoms with Gasteiger partial charge in [0.1, 0.15) is 11.5 Å². The molecular weight excluding hydrogens is 320 g/mol. The molecule has 23 heavy (non-hydrogen) atoms. The van der Waals surface area contributed by atoms with Crippen molar-refractivity contribution >= 4 is 9.84 Å². The van der Waals surface area contributed by atoms with Crippen molar-refractivity contribution in [2.75, 3.05) is 19.5 Å². The maximum atomic E-state index is 12.2. The predicted octanol–water partition coefficient (Wildman–Crippen LogP) is 1.84. The average molecular weight is 338 g/mol. The second-order valence-corrected chi connectivity index (χ2v) is 7.54. The molecule has 0 saturated carbocycles. The van der Waals surface area contributed by atoms with Crippen LogP contribution in [0.25, 0.3) is 11.4 Å². The van der Waals surface area contributed by atoms with Gasteiger partial charge in [-0.25, -0.2) is 8.42 Å². The van der Waals surface area contributed by atoms with E-state index >= 15 is 0 Å². The van der Waals surface area contributed by atoms with Gasteiger partial charge in [0.25, 0.3) is 0 Å². The van der Waals surface area contributed by atoms with E-state index in [9.17, 15) is 8.42 Å². The maximum Gasteiger partial charge on any atom is 0.242 e. The highest BCUT2D eigenvalue weighted by atomic mass is 32.2. The average Bonchev–Trinajstić information content (AvgIpc) is 3.18. The first-order valence-electron chi connectivity index (χ1n) is 7.35. The fraction of sp³-hybridized carbons (Fsp3) is 0.467. The molecule has 1 aromatic heterocycles. The number of aromatic nitrogens is 2. The molecule has 0 radical (unpaired) electrons. The van der Waals surface area contributed by atoms with Gasteiger partial charge in [-0.05, 0) is 37.1 Å². The monoisotopic (exact) mass is 338 g/mol. The molecule has 1 atom stereocenters. The first kappa shape index (κ1) is 15.9. The van der Waals surface area contributed by atoms with E-state index in [2.05, 4.69) is 10.1 Å². The van der Waals surface area contributed by atoms with Crippen molar-refractivity contribution in [3.8, 4) is 17.1 Å². The molecule has 0 aliphatic carbocycles. The smallest absolute Gasteiger partial charge is 0.242 e. The number of hydrogen-bond donors (Lipinski definition) is 0. The number of ether oxygens (including phenoxy) is 2. The number of methoxy groups -OCH3 is 1. The molecule has 1 fully saturated rings. The van der Waals surface area contributed by atoms with Crippen molar-refractivity contribution in [1.29, 1.82) is 0 Å². The zero-order chi connectivity index (χ0) is 16.3. The van der Waals surface area contributed by atoms with E-state index in [-0.39, 0.29) is 23.5 Å². The Hall–Kier alpha value is -1.93. The van der Waals surface area contributed by atoms with Gasteiger partial charge in [-0.1, -0.05) is 5.16 Å². The minimum atomic E-state index is -3.34. The van der Waals surface area contributed by atoms with Crippen molar-refractivity contribution < 1.29 is 22.4 Å². The summed E-state index contributed by atoms with van der Waals surface area (Å²) in [5.74, 6) is 0.892. The summed E-state index contributed by atoms with van der Waals surface area (Å²) in [7, 11) is -1.76. The zero-order valence-corrected chi connectivity index (χ0v) is 13.6. The molecule has 0 N–H and O–H groups in total. The summed E-state index contributed by atoms with van der Waals surface area (Å²) >= 11 is 0. The summed E-state index contributed by atoms with van der Waals surface area (Å²) in [6.45, 7) is 0.627. The van der Waals surface area contributed by atoms with Gasteiger partial charge in [-0.3, -0.25) is 0 Å². The van der Waals surface area contributed by atoms with Gasteiger partial charge in [0.05, 0.1) is 19.0 Å². The van der Waals surface area contributed by atoms with E-state index in [4.69, 9.17) is 14.0 Å². The van der Waals surface area contributed by atoms with E-state index in [1.807, 2.05) is 0 Å². The van der Waals surface area contributed by atoms with E-state index in [1.54, 1.807) is 31.4 Å². The Morgan fingerprint density at radius 2 is 2.09 bits per heavy atom. The summed E-state index contributed by atoms with van der Waals surface area (Å²) in [5, 5.41) is 3.84. The second-order valence-electron chi connectivity index (χ2n) is 5.43. The highest BCUT2D eigenvalue weighted by Gasteiger charge is 2.25. The lowest BCUT2D eigenvalue weighted by Gasteiger charge is -2.08. The Kier molecular flexibility index (Phi) is 4.63. The van der Waals surface area contributed by atoms with Gasteiger partial charge < -0.3 is 14.0 Å². The number of rotatable bonds is 6. The second kappa shape index (κ2) is 6.67. The highest BCUT2D eigenvalue weighted by Crippen LogP contribution is 2.21. The lowest BCUT2D eigenvalue weighted by atomic mass is 10.2. The molecule has 0 amide bonds. The molecule has 1 saturated heterocycles. The quantitative estimate of drug-likeness (QED) is 0.793. The third-order valence-corrected chi connectivity index (χ3v) is 5.19. The topological polar surface area (TPSA) is 91.5 Å². The fourth-order valence-corrected chi connectivity index (χ4v) is 3.92. The summed E-state index contributed by atoms with van der Waals surface area (Å²) in [6, 6.07) is 7.13. The maximum absolute atomic E-state index is 12.2. The normalized spacial score (nSPS) is 18.2. The molecule has 0 spiro atoms. The predicted molar refractivity (Wildman–Crippen MR) is 82.8 cm³/mol. The van der Waals surface area contributed by atoms with Crippen LogP contribution in [0, 0.1) is 0 Å². The van der Waals surface area contributed by atoms with Gasteiger partial charge in [-0.15, -0.1) is 0 Å². The van der Waals surface area contributed by atoms with E-state index < -0.39 is 9.84 Å². The lowest BCUT2D eigenvalue weighted by Crippen LogP contribution is -2.21.